The van der Waals surface area contributed by atoms with Crippen molar-refractivity contribution in [1.29, 1.82) is 0 Å². The Kier molecular flexibility index (Phi) is 6.71. The van der Waals surface area contributed by atoms with Gasteiger partial charge in [0.15, 0.2) is 5.75 Å². The van der Waals surface area contributed by atoms with Crippen LogP contribution < -0.4 is 16.0 Å². The lowest BCUT2D eigenvalue weighted by Gasteiger charge is -2.13. The third-order valence-electron chi connectivity index (χ3n) is 4.11. The Bertz CT molecular complexity index is 995. The molecule has 0 spiro atoms. The number of nitrogens with one attached hydrogen (secondary N) is 3. The van der Waals surface area contributed by atoms with Crippen molar-refractivity contribution < 1.29 is 14.7 Å². The lowest BCUT2D eigenvalue weighted by atomic mass is 10.1. The predicted molar refractivity (Wildman–Crippen MR) is 116 cm³/mol. The van der Waals surface area contributed by atoms with Gasteiger partial charge in [-0.15, -0.1) is 0 Å². The summed E-state index contributed by atoms with van der Waals surface area (Å²) in [4.78, 5) is 24.4. The van der Waals surface area contributed by atoms with Crippen LogP contribution in [0.25, 0.3) is 0 Å². The molecule has 3 aromatic carbocycles. The SMILES string of the molecule is O=C(CCc1ccccc1)Nc1cc(Cl)c(O)c(NC(=O)Nc2ccccc2)c1. The highest BCUT2D eigenvalue weighted by Crippen LogP contribution is 2.35. The van der Waals surface area contributed by atoms with Gasteiger partial charge in [-0.2, -0.15) is 0 Å². The van der Waals surface area contributed by atoms with E-state index in [0.717, 1.165) is 5.56 Å². The van der Waals surface area contributed by atoms with Crippen molar-refractivity contribution in [1.82, 2.24) is 0 Å². The van der Waals surface area contributed by atoms with E-state index in [0.29, 0.717) is 24.2 Å². The standard InChI is InChI=1S/C22H20ClN3O3/c23-18-13-17(24-20(27)12-11-15-7-3-1-4-8-15)14-19(21(18)28)26-22(29)25-16-9-5-2-6-10-16/h1-10,13-14,28H,11-12H2,(H,24,27)(H2,25,26,29). The van der Waals surface area contributed by atoms with Gasteiger partial charge in [0.1, 0.15) is 0 Å². The molecule has 0 aliphatic heterocycles. The number of benzene rings is 3. The topological polar surface area (TPSA) is 90.5 Å². The Balaban J connectivity index is 1.63. The monoisotopic (exact) mass is 409 g/mol. The summed E-state index contributed by atoms with van der Waals surface area (Å²) < 4.78 is 0. The fourth-order valence-electron chi connectivity index (χ4n) is 2.70. The van der Waals surface area contributed by atoms with E-state index >= 15 is 0 Å². The van der Waals surface area contributed by atoms with Crippen LogP contribution in [0.1, 0.15) is 12.0 Å². The molecule has 148 valence electrons. The Morgan fingerprint density at radius 1 is 0.828 bits per heavy atom. The molecular weight excluding hydrogens is 390 g/mol. The van der Waals surface area contributed by atoms with E-state index < -0.39 is 6.03 Å². The number of aryl methyl sites for hydroxylation is 1. The first-order valence-corrected chi connectivity index (χ1v) is 9.38. The van der Waals surface area contributed by atoms with Crippen molar-refractivity contribution in [3.05, 3.63) is 83.4 Å². The summed E-state index contributed by atoms with van der Waals surface area (Å²) in [7, 11) is 0. The minimum Gasteiger partial charge on any atom is -0.504 e. The second kappa shape index (κ2) is 9.61. The van der Waals surface area contributed by atoms with Crippen LogP contribution in [0, 0.1) is 0 Å². The number of halogens is 1. The maximum Gasteiger partial charge on any atom is 0.323 e. The third kappa shape index (κ3) is 5.99. The van der Waals surface area contributed by atoms with Crippen molar-refractivity contribution >= 4 is 40.6 Å². The van der Waals surface area contributed by atoms with Gasteiger partial charge in [0.25, 0.3) is 0 Å². The first kappa shape index (κ1) is 20.2. The molecule has 0 radical (unpaired) electrons. The molecule has 3 rings (SSSR count). The number of hydrogen-bond acceptors (Lipinski definition) is 3. The zero-order valence-corrected chi connectivity index (χ0v) is 16.2. The first-order chi connectivity index (χ1) is 14.0. The minimum atomic E-state index is -0.546. The average molecular weight is 410 g/mol. The summed E-state index contributed by atoms with van der Waals surface area (Å²) in [6, 6.07) is 20.9. The van der Waals surface area contributed by atoms with Crippen LogP contribution in [0.2, 0.25) is 5.02 Å². The highest BCUT2D eigenvalue weighted by molar-refractivity contribution is 6.33. The zero-order chi connectivity index (χ0) is 20.6. The van der Waals surface area contributed by atoms with Gasteiger partial charge < -0.3 is 21.1 Å². The maximum atomic E-state index is 12.2. The molecule has 6 nitrogen and oxygen atoms in total. The second-order valence-corrected chi connectivity index (χ2v) is 6.74. The van der Waals surface area contributed by atoms with Crippen molar-refractivity contribution in [3.8, 4) is 5.75 Å². The number of anilines is 3. The van der Waals surface area contributed by atoms with Gasteiger partial charge in [0.2, 0.25) is 5.91 Å². The number of amides is 3. The van der Waals surface area contributed by atoms with Gasteiger partial charge in [-0.25, -0.2) is 4.79 Å². The molecule has 4 N–H and O–H groups in total. The molecule has 3 amide bonds. The fraction of sp³-hybridized carbons (Fsp3) is 0.0909. The number of carbonyl (C=O) groups excluding carboxylic acids is 2. The summed E-state index contributed by atoms with van der Waals surface area (Å²) in [6.07, 6.45) is 0.892. The van der Waals surface area contributed by atoms with E-state index in [1.54, 1.807) is 24.3 Å². The number of urea groups is 1. The summed E-state index contributed by atoms with van der Waals surface area (Å²) in [6.45, 7) is 0. The van der Waals surface area contributed by atoms with Gasteiger partial charge in [0.05, 0.1) is 10.7 Å². The molecule has 0 heterocycles. The molecule has 29 heavy (non-hydrogen) atoms. The van der Waals surface area contributed by atoms with Gasteiger partial charge in [-0.3, -0.25) is 4.79 Å². The molecule has 0 saturated carbocycles. The highest BCUT2D eigenvalue weighted by atomic mass is 35.5. The second-order valence-electron chi connectivity index (χ2n) is 6.33. The van der Waals surface area contributed by atoms with Crippen LogP contribution in [0.5, 0.6) is 5.75 Å². The normalized spacial score (nSPS) is 10.2. The van der Waals surface area contributed by atoms with E-state index in [4.69, 9.17) is 11.6 Å². The number of phenols is 1. The maximum absolute atomic E-state index is 12.2. The number of para-hydroxylation sites is 1. The number of carbonyl (C=O) groups is 2. The van der Waals surface area contributed by atoms with E-state index in [1.807, 2.05) is 36.4 Å². The number of hydrogen-bond donors (Lipinski definition) is 4. The van der Waals surface area contributed by atoms with Gasteiger partial charge >= 0.3 is 6.03 Å². The van der Waals surface area contributed by atoms with E-state index in [2.05, 4.69) is 16.0 Å². The van der Waals surface area contributed by atoms with E-state index in [1.165, 1.54) is 12.1 Å². The third-order valence-corrected chi connectivity index (χ3v) is 4.40. The number of phenolic OH excluding ortho intramolecular Hbond substituents is 1. The molecule has 3 aromatic rings. The average Bonchev–Trinajstić information content (AvgIpc) is 2.71. The number of rotatable bonds is 6. The lowest BCUT2D eigenvalue weighted by Crippen LogP contribution is -2.19. The van der Waals surface area contributed by atoms with Crippen LogP contribution in [-0.4, -0.2) is 17.0 Å². The Morgan fingerprint density at radius 2 is 1.48 bits per heavy atom. The van der Waals surface area contributed by atoms with E-state index in [-0.39, 0.29) is 22.4 Å². The van der Waals surface area contributed by atoms with Crippen molar-refractivity contribution in [2.45, 2.75) is 12.8 Å². The smallest absolute Gasteiger partial charge is 0.323 e. The van der Waals surface area contributed by atoms with Crippen LogP contribution in [0.3, 0.4) is 0 Å². The summed E-state index contributed by atoms with van der Waals surface area (Å²) in [5.74, 6) is -0.479. The Hall–Kier alpha value is -3.51. The van der Waals surface area contributed by atoms with Gasteiger partial charge in [-0.1, -0.05) is 60.1 Å². The van der Waals surface area contributed by atoms with Crippen LogP contribution >= 0.6 is 11.6 Å². The zero-order valence-electron chi connectivity index (χ0n) is 15.5. The van der Waals surface area contributed by atoms with Crippen LogP contribution in [-0.2, 0) is 11.2 Å². The minimum absolute atomic E-state index is 0.0147. The van der Waals surface area contributed by atoms with Gasteiger partial charge in [-0.05, 0) is 36.2 Å². The molecule has 0 fully saturated rings. The summed E-state index contributed by atoms with van der Waals surface area (Å²) in [5, 5.41) is 18.1. The Morgan fingerprint density at radius 3 is 2.17 bits per heavy atom. The van der Waals surface area contributed by atoms with Crippen molar-refractivity contribution in [3.63, 3.8) is 0 Å². The molecule has 0 aliphatic rings. The van der Waals surface area contributed by atoms with Crippen LogP contribution in [0.4, 0.5) is 21.9 Å². The molecule has 0 unspecified atom stereocenters. The molecule has 0 saturated heterocycles. The van der Waals surface area contributed by atoms with E-state index in [9.17, 15) is 14.7 Å². The highest BCUT2D eigenvalue weighted by Gasteiger charge is 2.13. The molecular formula is C22H20ClN3O3. The lowest BCUT2D eigenvalue weighted by molar-refractivity contribution is -0.116. The molecule has 0 aromatic heterocycles. The summed E-state index contributed by atoms with van der Waals surface area (Å²) >= 11 is 6.05. The molecule has 0 aliphatic carbocycles. The summed E-state index contributed by atoms with van der Waals surface area (Å²) in [5.41, 5.74) is 2.12. The van der Waals surface area contributed by atoms with Crippen molar-refractivity contribution in [2.75, 3.05) is 16.0 Å². The molecule has 0 atom stereocenters. The number of aromatic hydroxyl groups is 1. The largest absolute Gasteiger partial charge is 0.504 e. The first-order valence-electron chi connectivity index (χ1n) is 9.00. The molecule has 7 heteroatoms. The quantitative estimate of drug-likeness (QED) is 0.330. The molecule has 0 bridgehead atoms. The Labute approximate surface area is 173 Å². The predicted octanol–water partition coefficient (Wildman–Crippen LogP) is 5.26. The van der Waals surface area contributed by atoms with Crippen molar-refractivity contribution in [2.24, 2.45) is 0 Å². The van der Waals surface area contributed by atoms with Gasteiger partial charge in [0, 0.05) is 17.8 Å². The fourth-order valence-corrected chi connectivity index (χ4v) is 2.92. The van der Waals surface area contributed by atoms with Crippen LogP contribution in [0.15, 0.2) is 72.8 Å².